The first-order valence-corrected chi connectivity index (χ1v) is 11.7. The van der Waals surface area contributed by atoms with Crippen molar-refractivity contribution in [3.63, 3.8) is 0 Å². The lowest BCUT2D eigenvalue weighted by Gasteiger charge is -2.11. The van der Waals surface area contributed by atoms with Crippen LogP contribution in [0.3, 0.4) is 0 Å². The van der Waals surface area contributed by atoms with Crippen LogP contribution in [0.25, 0.3) is 6.08 Å². The zero-order valence-corrected chi connectivity index (χ0v) is 18.8. The zero-order chi connectivity index (χ0) is 21.4. The number of aryl methyl sites for hydroxylation is 1. The molecule has 0 amide bonds. The predicted octanol–water partition coefficient (Wildman–Crippen LogP) is 6.55. The van der Waals surface area contributed by atoms with E-state index in [0.29, 0.717) is 4.90 Å². The maximum absolute atomic E-state index is 12.9. The molecular weight excluding hydrogens is 505 g/mol. The lowest BCUT2D eigenvalue weighted by atomic mass is 10.2. The fourth-order valence-corrected chi connectivity index (χ4v) is 5.56. The highest BCUT2D eigenvalue weighted by Crippen LogP contribution is 2.28. The first-order valence-electron chi connectivity index (χ1n) is 8.78. The molecule has 3 aromatic rings. The largest absolute Gasteiger partial charge is 0.224 e. The molecule has 29 heavy (non-hydrogen) atoms. The summed E-state index contributed by atoms with van der Waals surface area (Å²) in [5, 5.41) is 0. The molecule has 0 N–H and O–H groups in total. The molecule has 0 spiro atoms. The number of sulfone groups is 1. The predicted molar refractivity (Wildman–Crippen MR) is 123 cm³/mol. The highest BCUT2D eigenvalue weighted by Gasteiger charge is 2.20. The van der Waals surface area contributed by atoms with E-state index in [4.69, 9.17) is 0 Å². The van der Waals surface area contributed by atoms with E-state index in [1.807, 2.05) is 6.92 Å². The Morgan fingerprint density at radius 2 is 1.38 bits per heavy atom. The number of alkyl halides is 1. The van der Waals surface area contributed by atoms with Gasteiger partial charge in [-0.3, -0.25) is 0 Å². The monoisotopic (exact) mass is 526 g/mol. The highest BCUT2D eigenvalue weighted by atomic mass is 127. The highest BCUT2D eigenvalue weighted by molar-refractivity contribution is 14.1. The van der Waals surface area contributed by atoms with Gasteiger partial charge in [0.15, 0.2) is 9.84 Å². The lowest BCUT2D eigenvalue weighted by molar-refractivity contribution is 0.595. The Labute approximate surface area is 184 Å². The van der Waals surface area contributed by atoms with Crippen LogP contribution >= 0.6 is 22.6 Å². The van der Waals surface area contributed by atoms with Crippen molar-refractivity contribution >= 4 is 38.5 Å². The van der Waals surface area contributed by atoms with Gasteiger partial charge in [-0.15, -0.1) is 0 Å². The fraction of sp³-hybridized carbons (Fsp3) is 0.130. The van der Waals surface area contributed by atoms with Gasteiger partial charge in [0.05, 0.1) is 14.6 Å². The third-order valence-electron chi connectivity index (χ3n) is 4.08. The van der Waals surface area contributed by atoms with Crippen molar-refractivity contribution in [1.82, 2.24) is 0 Å². The average molecular weight is 526 g/mol. The second-order valence-corrected chi connectivity index (χ2v) is 9.91. The summed E-state index contributed by atoms with van der Waals surface area (Å²) in [5.74, 6) is -0.526. The molecule has 152 valence electrons. The Morgan fingerprint density at radius 1 is 0.897 bits per heavy atom. The summed E-state index contributed by atoms with van der Waals surface area (Å²) < 4.78 is 49.5. The summed E-state index contributed by atoms with van der Waals surface area (Å²) in [5.41, 5.74) is 2.77. The van der Waals surface area contributed by atoms with Crippen molar-refractivity contribution in [3.8, 4) is 0 Å². The topological polar surface area (TPSA) is 34.1 Å². The minimum Gasteiger partial charge on any atom is -0.224 e. The van der Waals surface area contributed by atoms with Crippen LogP contribution in [-0.2, 0) is 9.84 Å². The molecule has 0 heterocycles. The summed E-state index contributed by atoms with van der Waals surface area (Å²) >= 11 is 2.08. The van der Waals surface area contributed by atoms with Gasteiger partial charge in [0.25, 0.3) is 0 Å². The minimum absolute atomic E-state index is 0.00224. The van der Waals surface area contributed by atoms with E-state index >= 15 is 0 Å². The molecule has 6 heteroatoms. The van der Waals surface area contributed by atoms with Crippen LogP contribution in [0.1, 0.15) is 20.6 Å². The molecule has 0 aliphatic rings. The molecule has 0 aliphatic carbocycles. The maximum atomic E-state index is 12.9. The Kier molecular flexibility index (Phi) is 8.52. The SMILES string of the molecule is C=Cc1ccc(F)cc1.Cc1ccc(S(=O)(=O)CC(I)c2ccc(F)cc2)cc1. The van der Waals surface area contributed by atoms with Crippen LogP contribution < -0.4 is 0 Å². The molecule has 1 atom stereocenters. The Bertz CT molecular complexity index is 1030. The zero-order valence-electron chi connectivity index (χ0n) is 15.9. The molecule has 2 nitrogen and oxygen atoms in total. The summed E-state index contributed by atoms with van der Waals surface area (Å²) in [6.07, 6.45) is 1.68. The van der Waals surface area contributed by atoms with Crippen LogP contribution in [-0.4, -0.2) is 14.2 Å². The van der Waals surface area contributed by atoms with Gasteiger partial charge in [-0.25, -0.2) is 17.2 Å². The molecular formula is C23H21F2IO2S. The van der Waals surface area contributed by atoms with E-state index in [2.05, 4.69) is 29.2 Å². The van der Waals surface area contributed by atoms with Crippen LogP contribution in [0.4, 0.5) is 8.78 Å². The second kappa shape index (κ2) is 10.6. The lowest BCUT2D eigenvalue weighted by Crippen LogP contribution is -2.11. The van der Waals surface area contributed by atoms with Crippen molar-refractivity contribution in [2.24, 2.45) is 0 Å². The van der Waals surface area contributed by atoms with E-state index in [9.17, 15) is 17.2 Å². The fourth-order valence-electron chi connectivity index (χ4n) is 2.40. The molecule has 3 aromatic carbocycles. The third-order valence-corrected chi connectivity index (χ3v) is 7.60. The molecule has 0 aliphatic heterocycles. The summed E-state index contributed by atoms with van der Waals surface area (Å²) in [6.45, 7) is 5.45. The third kappa shape index (κ3) is 7.36. The van der Waals surface area contributed by atoms with Crippen molar-refractivity contribution in [1.29, 1.82) is 0 Å². The second-order valence-electron chi connectivity index (χ2n) is 6.37. The van der Waals surface area contributed by atoms with Crippen LogP contribution in [0.15, 0.2) is 84.3 Å². The quantitative estimate of drug-likeness (QED) is 0.279. The Hall–Kier alpha value is -2.06. The molecule has 1 unspecified atom stereocenters. The molecule has 0 bridgehead atoms. The standard InChI is InChI=1S/C15H14FIO2S.C8H7F/c1-11-2-8-14(9-3-11)20(18,19)10-15(17)12-4-6-13(16)7-5-12;1-2-7-3-5-8(9)6-4-7/h2-9,15H,10H2,1H3;2-6H,1H2. The molecule has 0 fully saturated rings. The van der Waals surface area contributed by atoms with Crippen LogP contribution in [0.5, 0.6) is 0 Å². The number of hydrogen-bond donors (Lipinski definition) is 0. The average Bonchev–Trinajstić information content (AvgIpc) is 2.69. The molecule has 0 saturated carbocycles. The summed E-state index contributed by atoms with van der Waals surface area (Å²) in [6, 6.07) is 18.9. The number of halogens is 3. The Morgan fingerprint density at radius 3 is 1.86 bits per heavy atom. The van der Waals surface area contributed by atoms with Crippen LogP contribution in [0.2, 0.25) is 0 Å². The normalized spacial score (nSPS) is 11.9. The van der Waals surface area contributed by atoms with Crippen LogP contribution in [0, 0.1) is 18.6 Å². The van der Waals surface area contributed by atoms with E-state index < -0.39 is 9.84 Å². The van der Waals surface area contributed by atoms with Gasteiger partial charge in [0.2, 0.25) is 0 Å². The first kappa shape index (κ1) is 23.2. The van der Waals surface area contributed by atoms with Crippen molar-refractivity contribution in [3.05, 3.63) is 108 Å². The van der Waals surface area contributed by atoms with Gasteiger partial charge in [0, 0.05) is 0 Å². The van der Waals surface area contributed by atoms with E-state index in [0.717, 1.165) is 16.7 Å². The smallest absolute Gasteiger partial charge is 0.179 e. The molecule has 0 radical (unpaired) electrons. The first-order chi connectivity index (χ1) is 13.7. The van der Waals surface area contributed by atoms with Crippen molar-refractivity contribution < 1.29 is 17.2 Å². The molecule has 0 saturated heterocycles. The van der Waals surface area contributed by atoms with E-state index in [1.165, 1.54) is 24.3 Å². The van der Waals surface area contributed by atoms with Gasteiger partial charge < -0.3 is 0 Å². The maximum Gasteiger partial charge on any atom is 0.179 e. The number of benzene rings is 3. The van der Waals surface area contributed by atoms with Crippen molar-refractivity contribution in [2.75, 3.05) is 5.75 Å². The van der Waals surface area contributed by atoms with Gasteiger partial charge in [0.1, 0.15) is 11.6 Å². The number of rotatable bonds is 5. The van der Waals surface area contributed by atoms with Gasteiger partial charge in [-0.1, -0.05) is 77.2 Å². The van der Waals surface area contributed by atoms with Gasteiger partial charge in [-0.2, -0.15) is 0 Å². The summed E-state index contributed by atoms with van der Waals surface area (Å²) in [7, 11) is -3.34. The van der Waals surface area contributed by atoms with Gasteiger partial charge >= 0.3 is 0 Å². The molecule has 3 rings (SSSR count). The summed E-state index contributed by atoms with van der Waals surface area (Å²) in [4.78, 5) is 0.326. The van der Waals surface area contributed by atoms with E-state index in [1.54, 1.807) is 54.6 Å². The van der Waals surface area contributed by atoms with E-state index in [-0.39, 0.29) is 21.3 Å². The molecule has 0 aromatic heterocycles. The number of hydrogen-bond acceptors (Lipinski definition) is 2. The Balaban J connectivity index is 0.000000278. The van der Waals surface area contributed by atoms with Gasteiger partial charge in [-0.05, 0) is 54.4 Å². The minimum atomic E-state index is -3.34. The van der Waals surface area contributed by atoms with Crippen molar-refractivity contribution in [2.45, 2.75) is 15.7 Å².